The molecule has 1 heterocycles. The number of halogens is 1. The Morgan fingerprint density at radius 3 is 2.44 bits per heavy atom. The largest absolute Gasteiger partial charge is 0.530 e. The van der Waals surface area contributed by atoms with Gasteiger partial charge in [0.1, 0.15) is 5.82 Å². The molecule has 0 fully saturated rings. The zero-order chi connectivity index (χ0) is 23.5. The van der Waals surface area contributed by atoms with E-state index < -0.39 is 19.2 Å². The number of hydrogen-bond donors (Lipinski definition) is 0. The fourth-order valence-corrected chi connectivity index (χ4v) is 4.53. The highest BCUT2D eigenvalue weighted by atomic mass is 31.1. The summed E-state index contributed by atoms with van der Waals surface area (Å²) in [5, 5.41) is -0.757. The molecule has 0 saturated heterocycles. The van der Waals surface area contributed by atoms with Crippen molar-refractivity contribution in [2.45, 2.75) is 38.3 Å². The minimum atomic E-state index is -2.40. The van der Waals surface area contributed by atoms with E-state index in [1.54, 1.807) is 19.1 Å². The highest BCUT2D eigenvalue weighted by Crippen LogP contribution is 2.46. The lowest BCUT2D eigenvalue weighted by molar-refractivity contribution is -0.136. The Hall–Kier alpha value is -2.95. The van der Waals surface area contributed by atoms with Gasteiger partial charge in [0.05, 0.1) is 18.3 Å². The number of pyridine rings is 1. The van der Waals surface area contributed by atoms with Crippen LogP contribution in [0.3, 0.4) is 0 Å². The average Bonchev–Trinajstić information content (AvgIpc) is 2.80. The van der Waals surface area contributed by atoms with E-state index in [0.717, 1.165) is 10.9 Å². The summed E-state index contributed by atoms with van der Waals surface area (Å²) in [4.78, 5) is 18.1. The first kappa shape index (κ1) is 23.7. The maximum absolute atomic E-state index is 13.7. The zero-order valence-electron chi connectivity index (χ0n) is 18.6. The summed E-state index contributed by atoms with van der Waals surface area (Å²) in [7, 11) is -1.12. The van der Waals surface area contributed by atoms with Crippen LogP contribution in [0, 0.1) is 5.82 Å². The van der Waals surface area contributed by atoms with Crippen LogP contribution in [0.2, 0.25) is 0 Å². The second kappa shape index (κ2) is 9.68. The predicted octanol–water partition coefficient (Wildman–Crippen LogP) is 6.79. The summed E-state index contributed by atoms with van der Waals surface area (Å²) in [5.74, 6) is -0.934. The summed E-state index contributed by atoms with van der Waals surface area (Å²) >= 11 is 0. The highest BCUT2D eigenvalue weighted by Gasteiger charge is 2.56. The quantitative estimate of drug-likeness (QED) is 0.213. The second-order valence-corrected chi connectivity index (χ2v) is 9.37. The van der Waals surface area contributed by atoms with Crippen LogP contribution in [0.4, 0.5) is 4.39 Å². The standard InChI is InChI=1S/C25H26FNO4P/c1-6-25(7-2,32(29)30-5)24(28)31-23-21(17-12-14-18(26)15-13-17)19-10-8-9-11-20(19)27-22(23)16(3)4/h6,8-16H,1,7H2,2-5H3/q+1. The number of hydrogen-bond acceptors (Lipinski definition) is 5. The predicted molar refractivity (Wildman–Crippen MR) is 125 cm³/mol. The van der Waals surface area contributed by atoms with Crippen molar-refractivity contribution in [3.8, 4) is 16.9 Å². The molecule has 0 bridgehead atoms. The molecule has 7 heteroatoms. The van der Waals surface area contributed by atoms with Crippen molar-refractivity contribution in [2.75, 3.05) is 7.11 Å². The molecular formula is C25H26FNO4P+. The lowest BCUT2D eigenvalue weighted by Gasteiger charge is -2.21. The van der Waals surface area contributed by atoms with Gasteiger partial charge in [-0.3, -0.25) is 0 Å². The van der Waals surface area contributed by atoms with Crippen LogP contribution in [0.25, 0.3) is 22.0 Å². The molecule has 0 spiro atoms. The molecule has 0 radical (unpaired) electrons. The van der Waals surface area contributed by atoms with E-state index in [1.807, 2.05) is 38.1 Å². The first-order chi connectivity index (χ1) is 15.3. The summed E-state index contributed by atoms with van der Waals surface area (Å²) in [6, 6.07) is 13.5. The van der Waals surface area contributed by atoms with Crippen molar-refractivity contribution < 1.29 is 23.0 Å². The van der Waals surface area contributed by atoms with Crippen molar-refractivity contribution in [1.82, 2.24) is 4.98 Å². The number of nitrogens with zero attached hydrogens (tertiary/aromatic N) is 1. The van der Waals surface area contributed by atoms with E-state index >= 15 is 0 Å². The number of para-hydroxylation sites is 1. The van der Waals surface area contributed by atoms with Crippen molar-refractivity contribution in [2.24, 2.45) is 0 Å². The first-order valence-electron chi connectivity index (χ1n) is 10.3. The number of fused-ring (bicyclic) bond motifs is 1. The Morgan fingerprint density at radius 2 is 1.88 bits per heavy atom. The van der Waals surface area contributed by atoms with E-state index in [-0.39, 0.29) is 23.9 Å². The fraction of sp³-hybridized carbons (Fsp3) is 0.280. The van der Waals surface area contributed by atoms with Crippen LogP contribution in [-0.2, 0) is 13.9 Å². The molecule has 5 nitrogen and oxygen atoms in total. The first-order valence-corrected chi connectivity index (χ1v) is 11.5. The van der Waals surface area contributed by atoms with Gasteiger partial charge in [0.15, 0.2) is 5.75 Å². The summed E-state index contributed by atoms with van der Waals surface area (Å²) in [6.45, 7) is 9.32. The van der Waals surface area contributed by atoms with E-state index in [4.69, 9.17) is 14.2 Å². The number of benzene rings is 2. The summed E-state index contributed by atoms with van der Waals surface area (Å²) in [6.07, 6.45) is 1.50. The minimum Gasteiger partial charge on any atom is -0.420 e. The number of carbonyl (C=O) groups excluding carboxylic acids is 1. The van der Waals surface area contributed by atoms with Crippen molar-refractivity contribution in [3.05, 3.63) is 72.7 Å². The van der Waals surface area contributed by atoms with Gasteiger partial charge in [0.2, 0.25) is 0 Å². The summed E-state index contributed by atoms with van der Waals surface area (Å²) in [5.41, 5.74) is 2.59. The molecular weight excluding hydrogens is 428 g/mol. The Balaban J connectivity index is 2.31. The van der Waals surface area contributed by atoms with Crippen LogP contribution < -0.4 is 4.74 Å². The third-order valence-corrected chi connectivity index (χ3v) is 7.13. The third kappa shape index (κ3) is 4.21. The van der Waals surface area contributed by atoms with Crippen molar-refractivity contribution in [3.63, 3.8) is 0 Å². The molecule has 166 valence electrons. The molecule has 0 aliphatic rings. The summed E-state index contributed by atoms with van der Waals surface area (Å²) < 4.78 is 37.3. The molecule has 0 aliphatic carbocycles. The zero-order valence-corrected chi connectivity index (χ0v) is 19.5. The number of carbonyl (C=O) groups is 1. The molecule has 2 atom stereocenters. The number of aromatic nitrogens is 1. The van der Waals surface area contributed by atoms with Gasteiger partial charge < -0.3 is 4.74 Å². The molecule has 0 aliphatic heterocycles. The molecule has 1 aromatic heterocycles. The molecule has 32 heavy (non-hydrogen) atoms. The molecule has 0 saturated carbocycles. The van der Waals surface area contributed by atoms with Crippen LogP contribution in [0.15, 0.2) is 61.2 Å². The minimum absolute atomic E-state index is 0.0856. The van der Waals surface area contributed by atoms with Gasteiger partial charge in [-0.1, -0.05) is 57.7 Å². The number of esters is 1. The van der Waals surface area contributed by atoms with E-state index in [2.05, 4.69) is 6.58 Å². The van der Waals surface area contributed by atoms with E-state index in [1.165, 1.54) is 25.3 Å². The van der Waals surface area contributed by atoms with Gasteiger partial charge in [0.25, 0.3) is 0 Å². The van der Waals surface area contributed by atoms with Crippen LogP contribution in [0.5, 0.6) is 5.75 Å². The maximum Gasteiger partial charge on any atom is 0.530 e. The number of rotatable bonds is 8. The van der Waals surface area contributed by atoms with Crippen LogP contribution in [-0.4, -0.2) is 23.2 Å². The third-order valence-electron chi connectivity index (χ3n) is 5.47. The molecule has 0 amide bonds. The van der Waals surface area contributed by atoms with Crippen molar-refractivity contribution in [1.29, 1.82) is 0 Å². The highest BCUT2D eigenvalue weighted by molar-refractivity contribution is 7.42. The molecule has 3 rings (SSSR count). The van der Waals surface area contributed by atoms with Gasteiger partial charge in [-0.05, 0) is 40.3 Å². The maximum atomic E-state index is 13.7. The van der Waals surface area contributed by atoms with Gasteiger partial charge >= 0.3 is 19.2 Å². The molecule has 0 N–H and O–H groups in total. The van der Waals surface area contributed by atoms with E-state index in [0.29, 0.717) is 16.8 Å². The van der Waals surface area contributed by atoms with Crippen molar-refractivity contribution >= 4 is 24.9 Å². The monoisotopic (exact) mass is 454 g/mol. The van der Waals surface area contributed by atoms with Gasteiger partial charge in [-0.25, -0.2) is 14.2 Å². The average molecular weight is 454 g/mol. The van der Waals surface area contributed by atoms with Gasteiger partial charge in [0, 0.05) is 17.4 Å². The second-order valence-electron chi connectivity index (χ2n) is 7.69. The van der Waals surface area contributed by atoms with Gasteiger partial charge in [-0.15, -0.1) is 4.52 Å². The fourth-order valence-electron chi connectivity index (χ4n) is 3.61. The van der Waals surface area contributed by atoms with Crippen LogP contribution >= 0.6 is 8.03 Å². The Labute approximate surface area is 188 Å². The molecule has 3 aromatic rings. The smallest absolute Gasteiger partial charge is 0.420 e. The molecule has 2 aromatic carbocycles. The lowest BCUT2D eigenvalue weighted by Crippen LogP contribution is -2.36. The molecule has 2 unspecified atom stereocenters. The lowest BCUT2D eigenvalue weighted by atomic mass is 9.95. The van der Waals surface area contributed by atoms with Gasteiger partial charge in [-0.2, -0.15) is 0 Å². The normalized spacial score (nSPS) is 13.6. The topological polar surface area (TPSA) is 65.5 Å². The Kier molecular flexibility index (Phi) is 7.17. The Bertz CT molecular complexity index is 1180. The SMILES string of the molecule is C=CC(CC)(C(=O)Oc1c(C(C)C)nc2ccccc2c1-c1ccc(F)cc1)[P+](=O)OC. The van der Waals surface area contributed by atoms with Crippen LogP contribution in [0.1, 0.15) is 38.8 Å². The Morgan fingerprint density at radius 1 is 1.22 bits per heavy atom. The number of ether oxygens (including phenoxy) is 1. The van der Waals surface area contributed by atoms with E-state index in [9.17, 15) is 13.8 Å².